The highest BCUT2D eigenvalue weighted by Crippen LogP contribution is 2.04. The second-order valence-corrected chi connectivity index (χ2v) is 2.65. The van der Waals surface area contributed by atoms with Crippen LogP contribution in [0.2, 0.25) is 0 Å². The first-order valence-electron chi connectivity index (χ1n) is 3.24. The second kappa shape index (κ2) is 6.39. The first-order chi connectivity index (χ1) is 4.27. The van der Waals surface area contributed by atoms with Crippen LogP contribution in [-0.4, -0.2) is 22.3 Å². The Morgan fingerprint density at radius 1 is 1.22 bits per heavy atom. The minimum atomic E-state index is -0.483. The van der Waals surface area contributed by atoms with E-state index in [0.717, 1.165) is 25.7 Å². The van der Waals surface area contributed by atoms with Gasteiger partial charge in [-0.2, -0.15) is 0 Å². The molecule has 0 saturated carbocycles. The summed E-state index contributed by atoms with van der Waals surface area (Å²) in [6.45, 7) is 0.253. The van der Waals surface area contributed by atoms with Crippen LogP contribution in [0.4, 0.5) is 0 Å². The van der Waals surface area contributed by atoms with Gasteiger partial charge in [0.2, 0.25) is 0 Å². The van der Waals surface area contributed by atoms with Gasteiger partial charge in [0.15, 0.2) is 0 Å². The van der Waals surface area contributed by atoms with E-state index >= 15 is 0 Å². The fourth-order valence-electron chi connectivity index (χ4n) is 0.615. The zero-order valence-electron chi connectivity index (χ0n) is 5.45. The molecule has 0 spiro atoms. The molecule has 3 heteroatoms. The summed E-state index contributed by atoms with van der Waals surface area (Å²) >= 11 is 3.79. The van der Waals surface area contributed by atoms with Crippen molar-refractivity contribution < 1.29 is 10.2 Å². The van der Waals surface area contributed by atoms with Crippen molar-refractivity contribution in [3.05, 3.63) is 0 Å². The Morgan fingerprint density at radius 2 is 1.89 bits per heavy atom. The molecule has 1 unspecified atom stereocenters. The average molecular weight is 150 g/mol. The van der Waals surface area contributed by atoms with E-state index in [0.29, 0.717) is 0 Å². The van der Waals surface area contributed by atoms with Crippen molar-refractivity contribution in [3.8, 4) is 0 Å². The van der Waals surface area contributed by atoms with Gasteiger partial charge in [0.1, 0.15) is 0 Å². The van der Waals surface area contributed by atoms with Gasteiger partial charge < -0.3 is 10.2 Å². The smallest absolute Gasteiger partial charge is 0.0964 e. The highest BCUT2D eigenvalue weighted by atomic mass is 32.1. The van der Waals surface area contributed by atoms with E-state index in [9.17, 15) is 0 Å². The Kier molecular flexibility index (Phi) is 6.58. The van der Waals surface area contributed by atoms with E-state index in [-0.39, 0.29) is 6.61 Å². The lowest BCUT2D eigenvalue weighted by Gasteiger charge is -2.00. The molecule has 0 bridgehead atoms. The topological polar surface area (TPSA) is 40.5 Å². The molecule has 0 aromatic rings. The van der Waals surface area contributed by atoms with Crippen LogP contribution < -0.4 is 0 Å². The number of hydrogen-bond acceptors (Lipinski definition) is 3. The zero-order chi connectivity index (χ0) is 7.11. The number of rotatable bonds is 5. The van der Waals surface area contributed by atoms with Crippen molar-refractivity contribution in [3.63, 3.8) is 0 Å². The lowest BCUT2D eigenvalue weighted by molar-refractivity contribution is 0.243. The van der Waals surface area contributed by atoms with Crippen LogP contribution in [0.1, 0.15) is 25.7 Å². The van der Waals surface area contributed by atoms with Crippen molar-refractivity contribution in [2.45, 2.75) is 31.1 Å². The summed E-state index contributed by atoms with van der Waals surface area (Å²) < 4.78 is 0. The Hall–Kier alpha value is 0.270. The third-order valence-corrected chi connectivity index (χ3v) is 1.38. The SMILES string of the molecule is OCCCCCC(O)S. The number of aliphatic hydroxyl groups is 2. The highest BCUT2D eigenvalue weighted by Gasteiger charge is 1.94. The van der Waals surface area contributed by atoms with Gasteiger partial charge >= 0.3 is 0 Å². The molecule has 0 aliphatic rings. The second-order valence-electron chi connectivity index (χ2n) is 2.05. The normalized spacial score (nSPS) is 13.7. The Morgan fingerprint density at radius 3 is 2.33 bits per heavy atom. The molecule has 56 valence electrons. The molecular weight excluding hydrogens is 136 g/mol. The van der Waals surface area contributed by atoms with Gasteiger partial charge in [0.05, 0.1) is 5.44 Å². The largest absolute Gasteiger partial charge is 0.396 e. The van der Waals surface area contributed by atoms with Gasteiger partial charge in [-0.15, -0.1) is 12.6 Å². The van der Waals surface area contributed by atoms with Gasteiger partial charge in [-0.05, 0) is 19.3 Å². The lowest BCUT2D eigenvalue weighted by atomic mass is 10.2. The quantitative estimate of drug-likeness (QED) is 0.308. The maximum atomic E-state index is 8.65. The molecule has 2 N–H and O–H groups in total. The molecule has 2 nitrogen and oxygen atoms in total. The molecule has 0 amide bonds. The highest BCUT2D eigenvalue weighted by molar-refractivity contribution is 7.80. The molecule has 0 aromatic heterocycles. The van der Waals surface area contributed by atoms with Gasteiger partial charge in [-0.1, -0.05) is 6.42 Å². The van der Waals surface area contributed by atoms with Crippen LogP contribution in [0.25, 0.3) is 0 Å². The average Bonchev–Trinajstić information content (AvgIpc) is 1.80. The van der Waals surface area contributed by atoms with Crippen molar-refractivity contribution in [2.75, 3.05) is 6.61 Å². The molecule has 0 saturated heterocycles. The standard InChI is InChI=1S/C6H14O2S/c7-5-3-1-2-4-6(8)9/h6-9H,1-5H2. The van der Waals surface area contributed by atoms with Gasteiger partial charge in [-0.3, -0.25) is 0 Å². The van der Waals surface area contributed by atoms with E-state index in [1.807, 2.05) is 0 Å². The minimum Gasteiger partial charge on any atom is -0.396 e. The first kappa shape index (κ1) is 9.27. The number of hydrogen-bond donors (Lipinski definition) is 3. The van der Waals surface area contributed by atoms with Gasteiger partial charge in [-0.25, -0.2) is 0 Å². The maximum Gasteiger partial charge on any atom is 0.0964 e. The van der Waals surface area contributed by atoms with Crippen LogP contribution in [0.15, 0.2) is 0 Å². The molecule has 0 rings (SSSR count). The summed E-state index contributed by atoms with van der Waals surface area (Å²) in [6.07, 6.45) is 3.49. The molecule has 0 heterocycles. The van der Waals surface area contributed by atoms with E-state index in [2.05, 4.69) is 12.6 Å². The summed E-state index contributed by atoms with van der Waals surface area (Å²) in [5.74, 6) is 0. The Bertz CT molecular complexity index is 57.0. The van der Waals surface area contributed by atoms with Crippen LogP contribution in [-0.2, 0) is 0 Å². The lowest BCUT2D eigenvalue weighted by Crippen LogP contribution is -1.95. The molecule has 0 aromatic carbocycles. The fraction of sp³-hybridized carbons (Fsp3) is 1.00. The van der Waals surface area contributed by atoms with E-state index in [1.54, 1.807) is 0 Å². The third-order valence-electron chi connectivity index (χ3n) is 1.12. The van der Waals surface area contributed by atoms with Crippen molar-refractivity contribution >= 4 is 12.6 Å². The number of thiol groups is 1. The molecule has 0 fully saturated rings. The molecule has 1 atom stereocenters. The van der Waals surface area contributed by atoms with Crippen LogP contribution in [0.3, 0.4) is 0 Å². The maximum absolute atomic E-state index is 8.65. The number of unbranched alkanes of at least 4 members (excludes halogenated alkanes) is 2. The molecule has 0 radical (unpaired) electrons. The van der Waals surface area contributed by atoms with Crippen LogP contribution in [0.5, 0.6) is 0 Å². The minimum absolute atomic E-state index is 0.253. The first-order valence-corrected chi connectivity index (χ1v) is 3.76. The predicted molar refractivity (Wildman–Crippen MR) is 40.5 cm³/mol. The van der Waals surface area contributed by atoms with Crippen molar-refractivity contribution in [1.29, 1.82) is 0 Å². The summed E-state index contributed by atoms with van der Waals surface area (Å²) in [7, 11) is 0. The zero-order valence-corrected chi connectivity index (χ0v) is 6.35. The third kappa shape index (κ3) is 8.27. The monoisotopic (exact) mass is 150 g/mol. The number of aliphatic hydroxyl groups excluding tert-OH is 2. The summed E-state index contributed by atoms with van der Waals surface area (Å²) in [6, 6.07) is 0. The Balaban J connectivity index is 2.75. The van der Waals surface area contributed by atoms with E-state index in [4.69, 9.17) is 10.2 Å². The molecular formula is C6H14O2S. The molecule has 0 aliphatic heterocycles. The van der Waals surface area contributed by atoms with Crippen molar-refractivity contribution in [2.24, 2.45) is 0 Å². The Labute approximate surface area is 61.3 Å². The fourth-order valence-corrected chi connectivity index (χ4v) is 0.798. The summed E-state index contributed by atoms with van der Waals surface area (Å²) in [4.78, 5) is 0. The van der Waals surface area contributed by atoms with E-state index in [1.165, 1.54) is 0 Å². The van der Waals surface area contributed by atoms with Gasteiger partial charge in [0.25, 0.3) is 0 Å². The van der Waals surface area contributed by atoms with Gasteiger partial charge in [0, 0.05) is 6.61 Å². The molecule has 9 heavy (non-hydrogen) atoms. The summed E-state index contributed by atoms with van der Waals surface area (Å²) in [5.41, 5.74) is -0.483. The predicted octanol–water partition coefficient (Wildman–Crippen LogP) is 0.787. The van der Waals surface area contributed by atoms with Crippen LogP contribution in [0, 0.1) is 0 Å². The summed E-state index contributed by atoms with van der Waals surface area (Å²) in [5, 5.41) is 17.0. The van der Waals surface area contributed by atoms with E-state index < -0.39 is 5.44 Å². The van der Waals surface area contributed by atoms with Crippen molar-refractivity contribution in [1.82, 2.24) is 0 Å². The molecule has 0 aliphatic carbocycles. The van der Waals surface area contributed by atoms with Crippen LogP contribution >= 0.6 is 12.6 Å².